The minimum atomic E-state index is -4.09. The molecule has 3 aromatic rings. The van der Waals surface area contributed by atoms with Crippen LogP contribution in [0.1, 0.15) is 52.0 Å². The second-order valence-electron chi connectivity index (χ2n) is 10.2. The van der Waals surface area contributed by atoms with Gasteiger partial charge >= 0.3 is 10.1 Å². The molecule has 1 saturated heterocycles. The van der Waals surface area contributed by atoms with Gasteiger partial charge in [-0.3, -0.25) is 19.2 Å². The number of benzene rings is 3. The van der Waals surface area contributed by atoms with Gasteiger partial charge in [-0.25, -0.2) is 5.01 Å². The van der Waals surface area contributed by atoms with E-state index < -0.39 is 52.0 Å². The van der Waals surface area contributed by atoms with E-state index in [2.05, 4.69) is 0 Å². The van der Waals surface area contributed by atoms with Crippen LogP contribution in [0.3, 0.4) is 0 Å². The molecule has 0 bridgehead atoms. The molecule has 0 N–H and O–H groups in total. The van der Waals surface area contributed by atoms with Crippen LogP contribution in [-0.2, 0) is 19.7 Å². The van der Waals surface area contributed by atoms with Gasteiger partial charge in [0.25, 0.3) is 17.7 Å². The first-order valence-electron chi connectivity index (χ1n) is 13.1. The Balaban J connectivity index is 1.38. The summed E-state index contributed by atoms with van der Waals surface area (Å²) in [5.41, 5.74) is 1.18. The molecule has 1 aliphatic heterocycles. The number of hydrogen-bond donors (Lipinski definition) is 0. The number of Topliss-reactive ketones (excluding diaryl/α,β-unsaturated/α-hetero) is 1. The van der Waals surface area contributed by atoms with Crippen molar-refractivity contribution in [2.75, 3.05) is 6.54 Å². The Labute approximate surface area is 242 Å². The average Bonchev–Trinajstić information content (AvgIpc) is 3.21. The van der Waals surface area contributed by atoms with E-state index in [0.29, 0.717) is 17.9 Å². The lowest BCUT2D eigenvalue weighted by Gasteiger charge is -2.30. The molecule has 2 atom stereocenters. The van der Waals surface area contributed by atoms with Crippen LogP contribution >= 0.6 is 11.6 Å². The number of carbonyl (C=O) groups is 4. The fraction of sp³-hybridized carbons (Fsp3) is 0.267. The van der Waals surface area contributed by atoms with Gasteiger partial charge in [-0.2, -0.15) is 13.4 Å². The minimum Gasteiger partial charge on any atom is -0.379 e. The van der Waals surface area contributed by atoms with E-state index in [9.17, 15) is 27.6 Å². The van der Waals surface area contributed by atoms with Gasteiger partial charge in [0.1, 0.15) is 17.2 Å². The summed E-state index contributed by atoms with van der Waals surface area (Å²) in [6, 6.07) is 17.5. The predicted molar refractivity (Wildman–Crippen MR) is 150 cm³/mol. The molecule has 2 aliphatic rings. The maximum atomic E-state index is 13.6. The molecular formula is C30H27ClN2O7S. The number of amides is 3. The SMILES string of the molecule is Cc1ccc(S(=O)(=O)Oc2ccc(C(=O)CN(C(=O)c3ccc(Cl)cc3)N3C(=O)[C@H]4CCCC[C@@H]4C3=O)cc2)cc1. The van der Waals surface area contributed by atoms with Gasteiger partial charge in [0.2, 0.25) is 0 Å². The Bertz CT molecular complexity index is 1580. The number of rotatable bonds is 8. The van der Waals surface area contributed by atoms with Crippen molar-refractivity contribution in [3.63, 3.8) is 0 Å². The van der Waals surface area contributed by atoms with Gasteiger partial charge in [-0.15, -0.1) is 0 Å². The van der Waals surface area contributed by atoms with E-state index in [1.165, 1.54) is 60.7 Å². The first kappa shape index (κ1) is 28.5. The number of halogens is 1. The summed E-state index contributed by atoms with van der Waals surface area (Å²) in [4.78, 5) is 53.5. The molecule has 212 valence electrons. The first-order valence-corrected chi connectivity index (χ1v) is 14.9. The van der Waals surface area contributed by atoms with Crippen molar-refractivity contribution in [2.45, 2.75) is 37.5 Å². The van der Waals surface area contributed by atoms with Crippen LogP contribution in [0.4, 0.5) is 0 Å². The summed E-state index contributed by atoms with van der Waals surface area (Å²) in [5, 5.41) is 2.14. The number of fused-ring (bicyclic) bond motifs is 1. The molecule has 0 unspecified atom stereocenters. The monoisotopic (exact) mass is 594 g/mol. The van der Waals surface area contributed by atoms with Crippen LogP contribution in [0.2, 0.25) is 5.02 Å². The Morgan fingerprint density at radius 3 is 1.95 bits per heavy atom. The first-order chi connectivity index (χ1) is 19.5. The van der Waals surface area contributed by atoms with Crippen LogP contribution in [0.25, 0.3) is 0 Å². The maximum Gasteiger partial charge on any atom is 0.339 e. The number of hydrogen-bond acceptors (Lipinski definition) is 7. The number of aryl methyl sites for hydroxylation is 1. The zero-order valence-corrected chi connectivity index (χ0v) is 23.7. The molecule has 11 heteroatoms. The zero-order chi connectivity index (χ0) is 29.3. The molecule has 0 spiro atoms. The summed E-state index contributed by atoms with van der Waals surface area (Å²) >= 11 is 5.96. The lowest BCUT2D eigenvalue weighted by Crippen LogP contribution is -2.52. The van der Waals surface area contributed by atoms with E-state index >= 15 is 0 Å². The number of carbonyl (C=O) groups excluding carboxylic acids is 4. The van der Waals surface area contributed by atoms with Crippen LogP contribution in [-0.4, -0.2) is 48.5 Å². The molecule has 1 heterocycles. The van der Waals surface area contributed by atoms with Gasteiger partial charge in [0.15, 0.2) is 5.78 Å². The molecular weight excluding hydrogens is 568 g/mol. The van der Waals surface area contributed by atoms with Crippen molar-refractivity contribution in [3.05, 3.63) is 94.5 Å². The van der Waals surface area contributed by atoms with Gasteiger partial charge in [-0.1, -0.05) is 42.1 Å². The van der Waals surface area contributed by atoms with Crippen LogP contribution in [0.5, 0.6) is 5.75 Å². The fourth-order valence-electron chi connectivity index (χ4n) is 5.16. The van der Waals surface area contributed by atoms with Gasteiger partial charge in [0.05, 0.1) is 11.8 Å². The van der Waals surface area contributed by atoms with Crippen molar-refractivity contribution in [3.8, 4) is 5.75 Å². The van der Waals surface area contributed by atoms with Crippen LogP contribution in [0, 0.1) is 18.8 Å². The average molecular weight is 595 g/mol. The molecule has 41 heavy (non-hydrogen) atoms. The predicted octanol–water partition coefficient (Wildman–Crippen LogP) is 4.83. The molecule has 9 nitrogen and oxygen atoms in total. The van der Waals surface area contributed by atoms with Crippen molar-refractivity contribution in [2.24, 2.45) is 11.8 Å². The highest BCUT2D eigenvalue weighted by atomic mass is 35.5. The van der Waals surface area contributed by atoms with E-state index in [4.69, 9.17) is 15.8 Å². The van der Waals surface area contributed by atoms with E-state index in [0.717, 1.165) is 28.4 Å². The van der Waals surface area contributed by atoms with Gasteiger partial charge in [0, 0.05) is 16.1 Å². The lowest BCUT2D eigenvalue weighted by molar-refractivity contribution is -0.154. The van der Waals surface area contributed by atoms with Crippen molar-refractivity contribution >= 4 is 45.2 Å². The van der Waals surface area contributed by atoms with E-state index in [-0.39, 0.29) is 21.8 Å². The van der Waals surface area contributed by atoms with Gasteiger partial charge < -0.3 is 4.18 Å². The largest absolute Gasteiger partial charge is 0.379 e. The molecule has 0 aromatic heterocycles. The van der Waals surface area contributed by atoms with Crippen molar-refractivity contribution in [1.29, 1.82) is 0 Å². The van der Waals surface area contributed by atoms with Crippen molar-refractivity contribution in [1.82, 2.24) is 10.0 Å². The van der Waals surface area contributed by atoms with Crippen molar-refractivity contribution < 1.29 is 31.8 Å². The molecule has 3 amide bonds. The number of ketones is 1. The highest BCUT2D eigenvalue weighted by Gasteiger charge is 2.51. The van der Waals surface area contributed by atoms with Crippen LogP contribution < -0.4 is 4.18 Å². The second kappa shape index (κ2) is 11.5. The summed E-state index contributed by atoms with van der Waals surface area (Å²) in [5.74, 6) is -3.27. The molecule has 1 saturated carbocycles. The Morgan fingerprint density at radius 1 is 0.854 bits per heavy atom. The summed E-state index contributed by atoms with van der Waals surface area (Å²) < 4.78 is 30.4. The number of imide groups is 1. The fourth-order valence-corrected chi connectivity index (χ4v) is 6.22. The third kappa shape index (κ3) is 5.89. The normalized spacial score (nSPS) is 18.6. The molecule has 1 aliphatic carbocycles. The third-order valence-corrected chi connectivity index (χ3v) is 8.88. The Kier molecular flexibility index (Phi) is 7.97. The van der Waals surface area contributed by atoms with E-state index in [1.54, 1.807) is 12.1 Å². The smallest absolute Gasteiger partial charge is 0.339 e. The summed E-state index contributed by atoms with van der Waals surface area (Å²) in [6.45, 7) is 1.25. The quantitative estimate of drug-likeness (QED) is 0.208. The van der Waals surface area contributed by atoms with Gasteiger partial charge in [-0.05, 0) is 80.4 Å². The standard InChI is InChI=1S/C30H27ClN2O7S/c1-19-6-16-24(17-7-19)41(38,39)40-23-14-10-20(11-15-23)27(34)18-32(28(35)21-8-12-22(31)13-9-21)33-29(36)25-4-2-3-5-26(25)30(33)37/h6-17,25-26H,2-5,18H2,1H3/t25-,26-/m0/s1. The molecule has 0 radical (unpaired) electrons. The lowest BCUT2D eigenvalue weighted by atomic mass is 9.81. The second-order valence-corrected chi connectivity index (χ2v) is 12.1. The van der Waals surface area contributed by atoms with E-state index in [1.807, 2.05) is 6.92 Å². The Hall–Kier alpha value is -4.02. The number of nitrogens with zero attached hydrogens (tertiary/aromatic N) is 2. The summed E-state index contributed by atoms with van der Waals surface area (Å²) in [7, 11) is -4.09. The highest BCUT2D eigenvalue weighted by Crippen LogP contribution is 2.39. The Morgan fingerprint density at radius 2 is 1.39 bits per heavy atom. The number of hydrazine groups is 1. The third-order valence-electron chi connectivity index (χ3n) is 7.37. The molecule has 2 fully saturated rings. The summed E-state index contributed by atoms with van der Waals surface area (Å²) in [6.07, 6.45) is 2.73. The molecule has 3 aromatic carbocycles. The molecule has 5 rings (SSSR count). The highest BCUT2D eigenvalue weighted by molar-refractivity contribution is 7.87. The zero-order valence-electron chi connectivity index (χ0n) is 22.2. The van der Waals surface area contributed by atoms with Crippen LogP contribution in [0.15, 0.2) is 77.7 Å². The minimum absolute atomic E-state index is 0.00908. The topological polar surface area (TPSA) is 118 Å². The maximum absolute atomic E-state index is 13.6.